The molecule has 1 aliphatic rings. The quantitative estimate of drug-likeness (QED) is 0.833. The first-order valence-electron chi connectivity index (χ1n) is 5.71. The standard InChI is InChI=1S/C13H14N2O2/c1-13(2)6-8(13)11-14-9-5-3-4-7(12(16)17)10(9)15-11/h3-5,8H,6H2,1-2H3,(H,14,15)(H,16,17). The summed E-state index contributed by atoms with van der Waals surface area (Å²) in [6.45, 7) is 4.39. The van der Waals surface area contributed by atoms with E-state index < -0.39 is 5.97 Å². The highest BCUT2D eigenvalue weighted by Crippen LogP contribution is 2.57. The molecular weight excluding hydrogens is 216 g/mol. The third-order valence-corrected chi connectivity index (χ3v) is 3.60. The van der Waals surface area contributed by atoms with Crippen molar-refractivity contribution in [2.75, 3.05) is 0 Å². The van der Waals surface area contributed by atoms with Gasteiger partial charge >= 0.3 is 5.97 Å². The first kappa shape index (κ1) is 10.3. The predicted molar refractivity (Wildman–Crippen MR) is 64.2 cm³/mol. The van der Waals surface area contributed by atoms with Gasteiger partial charge in [-0.15, -0.1) is 0 Å². The van der Waals surface area contributed by atoms with Crippen LogP contribution in [0.25, 0.3) is 11.0 Å². The summed E-state index contributed by atoms with van der Waals surface area (Å²) in [4.78, 5) is 18.8. The van der Waals surface area contributed by atoms with Crippen molar-refractivity contribution in [2.24, 2.45) is 5.41 Å². The smallest absolute Gasteiger partial charge is 0.337 e. The minimum absolute atomic E-state index is 0.267. The van der Waals surface area contributed by atoms with Crippen molar-refractivity contribution in [3.8, 4) is 0 Å². The fourth-order valence-corrected chi connectivity index (χ4v) is 2.32. The van der Waals surface area contributed by atoms with E-state index in [1.807, 2.05) is 6.07 Å². The van der Waals surface area contributed by atoms with E-state index in [9.17, 15) is 4.79 Å². The van der Waals surface area contributed by atoms with Crippen LogP contribution in [0.3, 0.4) is 0 Å². The van der Waals surface area contributed by atoms with Crippen LogP contribution in [0.2, 0.25) is 0 Å². The number of rotatable bonds is 2. The fraction of sp³-hybridized carbons (Fsp3) is 0.385. The van der Waals surface area contributed by atoms with Gasteiger partial charge in [0.25, 0.3) is 0 Å². The van der Waals surface area contributed by atoms with E-state index >= 15 is 0 Å². The number of imidazole rings is 1. The zero-order valence-electron chi connectivity index (χ0n) is 9.82. The van der Waals surface area contributed by atoms with Crippen molar-refractivity contribution < 1.29 is 9.90 Å². The van der Waals surface area contributed by atoms with Crippen LogP contribution in [0.15, 0.2) is 18.2 Å². The Morgan fingerprint density at radius 2 is 2.24 bits per heavy atom. The van der Waals surface area contributed by atoms with Gasteiger partial charge in [-0.25, -0.2) is 9.78 Å². The van der Waals surface area contributed by atoms with Crippen molar-refractivity contribution in [2.45, 2.75) is 26.2 Å². The number of para-hydroxylation sites is 1. The van der Waals surface area contributed by atoms with Gasteiger partial charge in [0.1, 0.15) is 11.3 Å². The molecule has 2 aromatic rings. The van der Waals surface area contributed by atoms with Gasteiger partial charge in [0.2, 0.25) is 0 Å². The molecule has 1 fully saturated rings. The normalized spacial score (nSPS) is 21.6. The first-order valence-corrected chi connectivity index (χ1v) is 5.71. The lowest BCUT2D eigenvalue weighted by Crippen LogP contribution is -1.97. The van der Waals surface area contributed by atoms with Gasteiger partial charge in [-0.3, -0.25) is 0 Å². The summed E-state index contributed by atoms with van der Waals surface area (Å²) >= 11 is 0. The number of nitrogens with zero attached hydrogens (tertiary/aromatic N) is 1. The number of hydrogen-bond donors (Lipinski definition) is 2. The minimum Gasteiger partial charge on any atom is -0.478 e. The Balaban J connectivity index is 2.13. The van der Waals surface area contributed by atoms with Gasteiger partial charge in [0, 0.05) is 5.92 Å². The zero-order valence-corrected chi connectivity index (χ0v) is 9.82. The Morgan fingerprint density at radius 3 is 2.82 bits per heavy atom. The highest BCUT2D eigenvalue weighted by molar-refractivity contribution is 6.00. The SMILES string of the molecule is CC1(C)CC1c1nc2c(C(=O)O)cccc2[nH]1. The summed E-state index contributed by atoms with van der Waals surface area (Å²) in [7, 11) is 0. The molecule has 1 aromatic carbocycles. The molecule has 17 heavy (non-hydrogen) atoms. The molecule has 0 radical (unpaired) electrons. The van der Waals surface area contributed by atoms with Crippen LogP contribution in [-0.4, -0.2) is 21.0 Å². The van der Waals surface area contributed by atoms with Gasteiger partial charge < -0.3 is 10.1 Å². The summed E-state index contributed by atoms with van der Waals surface area (Å²) in [6.07, 6.45) is 1.11. The Labute approximate surface area is 98.7 Å². The van der Waals surface area contributed by atoms with E-state index in [2.05, 4.69) is 23.8 Å². The number of carboxylic acids is 1. The average molecular weight is 230 g/mol. The Bertz CT molecular complexity index is 613. The van der Waals surface area contributed by atoms with E-state index in [1.54, 1.807) is 12.1 Å². The number of aromatic nitrogens is 2. The molecule has 0 saturated heterocycles. The number of carboxylic acid groups (broad SMARTS) is 1. The lowest BCUT2D eigenvalue weighted by Gasteiger charge is -1.97. The van der Waals surface area contributed by atoms with Gasteiger partial charge in [-0.2, -0.15) is 0 Å². The second kappa shape index (κ2) is 3.09. The molecule has 0 spiro atoms. The van der Waals surface area contributed by atoms with Crippen LogP contribution in [-0.2, 0) is 0 Å². The first-order chi connectivity index (χ1) is 7.99. The van der Waals surface area contributed by atoms with Crippen LogP contribution >= 0.6 is 0 Å². The molecule has 4 heteroatoms. The summed E-state index contributed by atoms with van der Waals surface area (Å²) < 4.78 is 0. The number of aromatic carboxylic acids is 1. The second-order valence-electron chi connectivity index (χ2n) is 5.37. The largest absolute Gasteiger partial charge is 0.478 e. The minimum atomic E-state index is -0.927. The van der Waals surface area contributed by atoms with E-state index in [1.165, 1.54) is 0 Å². The van der Waals surface area contributed by atoms with Gasteiger partial charge in [-0.1, -0.05) is 19.9 Å². The van der Waals surface area contributed by atoms with Gasteiger partial charge in [-0.05, 0) is 24.0 Å². The van der Waals surface area contributed by atoms with Crippen LogP contribution in [0, 0.1) is 5.41 Å². The molecule has 0 bridgehead atoms. The number of carbonyl (C=O) groups is 1. The van der Waals surface area contributed by atoms with Crippen molar-refractivity contribution in [1.82, 2.24) is 9.97 Å². The van der Waals surface area contributed by atoms with Crippen molar-refractivity contribution >= 4 is 17.0 Å². The van der Waals surface area contributed by atoms with Crippen LogP contribution in [0.1, 0.15) is 42.4 Å². The van der Waals surface area contributed by atoms with Crippen molar-refractivity contribution in [3.63, 3.8) is 0 Å². The molecule has 1 atom stereocenters. The van der Waals surface area contributed by atoms with E-state index in [-0.39, 0.29) is 11.0 Å². The lowest BCUT2D eigenvalue weighted by molar-refractivity contribution is 0.0699. The predicted octanol–water partition coefficient (Wildman–Crippen LogP) is 2.77. The molecule has 0 amide bonds. The topological polar surface area (TPSA) is 66.0 Å². The third-order valence-electron chi connectivity index (χ3n) is 3.60. The molecule has 4 nitrogen and oxygen atoms in total. The molecule has 1 unspecified atom stereocenters. The van der Waals surface area contributed by atoms with Crippen LogP contribution in [0.5, 0.6) is 0 Å². The maximum Gasteiger partial charge on any atom is 0.337 e. The number of nitrogens with one attached hydrogen (secondary N) is 1. The maximum atomic E-state index is 11.1. The molecule has 88 valence electrons. The van der Waals surface area contributed by atoms with Crippen molar-refractivity contribution in [3.05, 3.63) is 29.6 Å². The average Bonchev–Trinajstić information content (AvgIpc) is 2.73. The molecule has 0 aliphatic heterocycles. The van der Waals surface area contributed by atoms with Gasteiger partial charge in [0.15, 0.2) is 0 Å². The fourth-order valence-electron chi connectivity index (χ4n) is 2.32. The number of hydrogen-bond acceptors (Lipinski definition) is 2. The zero-order chi connectivity index (χ0) is 12.2. The van der Waals surface area contributed by atoms with E-state index in [4.69, 9.17) is 5.11 Å². The number of H-pyrrole nitrogens is 1. The molecular formula is C13H14N2O2. The second-order valence-corrected chi connectivity index (χ2v) is 5.37. The summed E-state index contributed by atoms with van der Waals surface area (Å²) in [5.74, 6) is 0.416. The molecule has 1 saturated carbocycles. The summed E-state index contributed by atoms with van der Waals surface area (Å²) in [5.41, 5.74) is 1.93. The third kappa shape index (κ3) is 1.52. The number of benzene rings is 1. The molecule has 1 aromatic heterocycles. The molecule has 1 heterocycles. The lowest BCUT2D eigenvalue weighted by atomic mass is 10.1. The monoisotopic (exact) mass is 230 g/mol. The van der Waals surface area contributed by atoms with Crippen molar-refractivity contribution in [1.29, 1.82) is 0 Å². The van der Waals surface area contributed by atoms with E-state index in [0.29, 0.717) is 11.4 Å². The Hall–Kier alpha value is -1.84. The van der Waals surface area contributed by atoms with Crippen LogP contribution < -0.4 is 0 Å². The number of fused-ring (bicyclic) bond motifs is 1. The molecule has 3 rings (SSSR count). The summed E-state index contributed by atoms with van der Waals surface area (Å²) in [6, 6.07) is 5.20. The van der Waals surface area contributed by atoms with Crippen LogP contribution in [0.4, 0.5) is 0 Å². The van der Waals surface area contributed by atoms with E-state index in [0.717, 1.165) is 17.8 Å². The summed E-state index contributed by atoms with van der Waals surface area (Å²) in [5, 5.41) is 9.10. The molecule has 1 aliphatic carbocycles. The Kier molecular flexibility index (Phi) is 1.88. The highest BCUT2D eigenvalue weighted by Gasteiger charge is 2.48. The molecule has 2 N–H and O–H groups in total. The maximum absolute atomic E-state index is 11.1. The van der Waals surface area contributed by atoms with Gasteiger partial charge in [0.05, 0.1) is 11.1 Å². The highest BCUT2D eigenvalue weighted by atomic mass is 16.4. The Morgan fingerprint density at radius 1 is 1.53 bits per heavy atom. The number of aromatic amines is 1.